The van der Waals surface area contributed by atoms with Crippen molar-refractivity contribution >= 4 is 17.0 Å². The van der Waals surface area contributed by atoms with Crippen LogP contribution in [0.3, 0.4) is 0 Å². The third kappa shape index (κ3) is 2.50. The predicted molar refractivity (Wildman–Crippen MR) is 87.4 cm³/mol. The van der Waals surface area contributed by atoms with Gasteiger partial charge in [-0.15, -0.1) is 0 Å². The number of rotatable bonds is 3. The summed E-state index contributed by atoms with van der Waals surface area (Å²) in [7, 11) is 1.88. The number of imidazole rings is 1. The molecular weight excluding hydrogens is 308 g/mol. The highest BCUT2D eigenvalue weighted by Gasteiger charge is 2.30. The van der Waals surface area contributed by atoms with E-state index in [2.05, 4.69) is 9.97 Å². The van der Waals surface area contributed by atoms with Gasteiger partial charge in [0.1, 0.15) is 17.6 Å². The number of aliphatic hydroxyl groups is 1. The van der Waals surface area contributed by atoms with E-state index in [1.807, 2.05) is 28.8 Å². The standard InChI is InChI=1S/C17H20N4O3/c1-20-8-5-18-16(20)15(22)11-2-6-21(7-3-11)17(23)13-10-14-12(19-13)4-9-24-14/h4-5,8-11,15,19,22H,2-3,6-7H2,1H3. The SMILES string of the molecule is Cn1ccnc1C(O)C1CCN(C(=O)c2cc3occc3[nH]2)CC1. The van der Waals surface area contributed by atoms with Crippen molar-refractivity contribution < 1.29 is 14.3 Å². The Morgan fingerprint density at radius 1 is 1.46 bits per heavy atom. The van der Waals surface area contributed by atoms with E-state index in [-0.39, 0.29) is 11.8 Å². The maximum Gasteiger partial charge on any atom is 0.270 e. The van der Waals surface area contributed by atoms with Gasteiger partial charge in [0.05, 0.1) is 11.8 Å². The quantitative estimate of drug-likeness (QED) is 0.770. The first-order chi connectivity index (χ1) is 11.6. The normalized spacial score (nSPS) is 17.5. The Labute approximate surface area is 138 Å². The number of hydrogen-bond donors (Lipinski definition) is 2. The van der Waals surface area contributed by atoms with Gasteiger partial charge in [-0.05, 0) is 18.8 Å². The van der Waals surface area contributed by atoms with Gasteiger partial charge in [0.15, 0.2) is 5.58 Å². The van der Waals surface area contributed by atoms with E-state index in [0.717, 1.165) is 18.4 Å². The van der Waals surface area contributed by atoms with Gasteiger partial charge in [0.25, 0.3) is 5.91 Å². The van der Waals surface area contributed by atoms with E-state index >= 15 is 0 Å². The molecule has 0 spiro atoms. The highest BCUT2D eigenvalue weighted by Crippen LogP contribution is 2.30. The molecule has 1 amide bonds. The van der Waals surface area contributed by atoms with Crippen LogP contribution in [0.1, 0.15) is 35.3 Å². The van der Waals surface area contributed by atoms with Crippen molar-refractivity contribution in [3.63, 3.8) is 0 Å². The number of carbonyl (C=O) groups is 1. The maximum atomic E-state index is 12.6. The Kier molecular flexibility index (Phi) is 3.65. The molecule has 24 heavy (non-hydrogen) atoms. The summed E-state index contributed by atoms with van der Waals surface area (Å²) in [6.07, 6.45) is 6.05. The van der Waals surface area contributed by atoms with Crippen LogP contribution in [-0.4, -0.2) is 43.5 Å². The molecule has 4 heterocycles. The van der Waals surface area contributed by atoms with Crippen molar-refractivity contribution in [2.45, 2.75) is 18.9 Å². The maximum absolute atomic E-state index is 12.6. The minimum atomic E-state index is -0.588. The fourth-order valence-corrected chi connectivity index (χ4v) is 3.43. The molecule has 7 heteroatoms. The van der Waals surface area contributed by atoms with E-state index in [1.54, 1.807) is 18.5 Å². The molecule has 0 aromatic carbocycles. The largest absolute Gasteiger partial charge is 0.463 e. The fourth-order valence-electron chi connectivity index (χ4n) is 3.43. The molecule has 0 bridgehead atoms. The van der Waals surface area contributed by atoms with Crippen LogP contribution in [0.25, 0.3) is 11.1 Å². The van der Waals surface area contributed by atoms with Crippen molar-refractivity contribution in [1.82, 2.24) is 19.4 Å². The number of likely N-dealkylation sites (tertiary alicyclic amines) is 1. The van der Waals surface area contributed by atoms with Crippen molar-refractivity contribution in [3.05, 3.63) is 42.3 Å². The number of carbonyl (C=O) groups excluding carboxylic acids is 1. The van der Waals surface area contributed by atoms with Gasteiger partial charge in [0.2, 0.25) is 0 Å². The number of hydrogen-bond acceptors (Lipinski definition) is 4. The lowest BCUT2D eigenvalue weighted by Crippen LogP contribution is -2.40. The van der Waals surface area contributed by atoms with Crippen LogP contribution in [0.15, 0.2) is 35.2 Å². The fraction of sp³-hybridized carbons (Fsp3) is 0.412. The summed E-state index contributed by atoms with van der Waals surface area (Å²) in [5.41, 5.74) is 2.07. The van der Waals surface area contributed by atoms with Gasteiger partial charge in [-0.25, -0.2) is 4.98 Å². The molecule has 1 unspecified atom stereocenters. The molecule has 4 rings (SSSR count). The summed E-state index contributed by atoms with van der Waals surface area (Å²) < 4.78 is 7.14. The van der Waals surface area contributed by atoms with Crippen LogP contribution in [0.5, 0.6) is 0 Å². The summed E-state index contributed by atoms with van der Waals surface area (Å²) in [6.45, 7) is 1.26. The highest BCUT2D eigenvalue weighted by atomic mass is 16.3. The lowest BCUT2D eigenvalue weighted by molar-refractivity contribution is 0.0417. The number of aromatic amines is 1. The van der Waals surface area contributed by atoms with E-state index in [9.17, 15) is 9.90 Å². The van der Waals surface area contributed by atoms with E-state index < -0.39 is 6.10 Å². The average molecular weight is 328 g/mol. The molecule has 1 saturated heterocycles. The molecule has 1 atom stereocenters. The summed E-state index contributed by atoms with van der Waals surface area (Å²) >= 11 is 0. The summed E-state index contributed by atoms with van der Waals surface area (Å²) in [5.74, 6) is 0.783. The zero-order valence-corrected chi connectivity index (χ0v) is 13.5. The van der Waals surface area contributed by atoms with Gasteiger partial charge >= 0.3 is 0 Å². The van der Waals surface area contributed by atoms with Crippen LogP contribution in [0.4, 0.5) is 0 Å². The molecular formula is C17H20N4O3. The second-order valence-corrected chi connectivity index (χ2v) is 6.35. The Morgan fingerprint density at radius 2 is 2.25 bits per heavy atom. The molecule has 2 N–H and O–H groups in total. The number of aliphatic hydroxyl groups excluding tert-OH is 1. The average Bonchev–Trinajstić information content (AvgIpc) is 3.29. The Hall–Kier alpha value is -2.54. The molecule has 3 aromatic rings. The smallest absolute Gasteiger partial charge is 0.270 e. The predicted octanol–water partition coefficient (Wildman–Crippen LogP) is 2.08. The molecule has 1 aliphatic rings. The minimum Gasteiger partial charge on any atom is -0.463 e. The first-order valence-electron chi connectivity index (χ1n) is 8.14. The van der Waals surface area contributed by atoms with E-state index in [0.29, 0.717) is 30.2 Å². The molecule has 0 saturated carbocycles. The Bertz CT molecular complexity index is 826. The summed E-state index contributed by atoms with van der Waals surface area (Å²) in [4.78, 5) is 21.7. The van der Waals surface area contributed by atoms with Gasteiger partial charge in [0, 0.05) is 44.7 Å². The molecule has 0 aliphatic carbocycles. The van der Waals surface area contributed by atoms with Gasteiger partial charge in [-0.2, -0.15) is 0 Å². The van der Waals surface area contributed by atoms with Crippen LogP contribution in [0, 0.1) is 5.92 Å². The van der Waals surface area contributed by atoms with Crippen molar-refractivity contribution in [3.8, 4) is 0 Å². The number of furan rings is 1. The number of nitrogens with one attached hydrogen (secondary N) is 1. The monoisotopic (exact) mass is 328 g/mol. The number of H-pyrrole nitrogens is 1. The van der Waals surface area contributed by atoms with E-state index in [4.69, 9.17) is 4.42 Å². The zero-order valence-electron chi connectivity index (χ0n) is 13.5. The lowest BCUT2D eigenvalue weighted by atomic mass is 9.90. The number of fused-ring (bicyclic) bond motifs is 1. The van der Waals surface area contributed by atoms with Crippen LogP contribution < -0.4 is 0 Å². The molecule has 126 valence electrons. The molecule has 3 aromatic heterocycles. The summed E-state index contributed by atoms with van der Waals surface area (Å²) in [5, 5.41) is 10.5. The second kappa shape index (κ2) is 5.83. The van der Waals surface area contributed by atoms with E-state index in [1.165, 1.54) is 0 Å². The topological polar surface area (TPSA) is 87.3 Å². The number of aromatic nitrogens is 3. The third-order valence-electron chi connectivity index (χ3n) is 4.87. The molecule has 1 aliphatic heterocycles. The molecule has 7 nitrogen and oxygen atoms in total. The summed E-state index contributed by atoms with van der Waals surface area (Å²) in [6, 6.07) is 3.55. The number of piperidine rings is 1. The second-order valence-electron chi connectivity index (χ2n) is 6.35. The number of amides is 1. The lowest BCUT2D eigenvalue weighted by Gasteiger charge is -2.33. The van der Waals surface area contributed by atoms with Gasteiger partial charge in [-0.3, -0.25) is 4.79 Å². The Balaban J connectivity index is 1.41. The number of aryl methyl sites for hydroxylation is 1. The first kappa shape index (κ1) is 15.0. The van der Waals surface area contributed by atoms with Crippen LogP contribution in [0.2, 0.25) is 0 Å². The van der Waals surface area contributed by atoms with Crippen molar-refractivity contribution in [2.24, 2.45) is 13.0 Å². The Morgan fingerprint density at radius 3 is 2.92 bits per heavy atom. The van der Waals surface area contributed by atoms with Gasteiger partial charge in [-0.1, -0.05) is 0 Å². The first-order valence-corrected chi connectivity index (χ1v) is 8.14. The molecule has 0 radical (unpaired) electrons. The van der Waals surface area contributed by atoms with Crippen LogP contribution in [-0.2, 0) is 7.05 Å². The van der Waals surface area contributed by atoms with Crippen molar-refractivity contribution in [2.75, 3.05) is 13.1 Å². The third-order valence-corrected chi connectivity index (χ3v) is 4.87. The molecule has 1 fully saturated rings. The number of nitrogens with zero attached hydrogens (tertiary/aromatic N) is 3. The van der Waals surface area contributed by atoms with Crippen LogP contribution >= 0.6 is 0 Å². The van der Waals surface area contributed by atoms with Crippen molar-refractivity contribution in [1.29, 1.82) is 0 Å². The van der Waals surface area contributed by atoms with Gasteiger partial charge < -0.3 is 24.0 Å². The minimum absolute atomic E-state index is 0.0219. The highest BCUT2D eigenvalue weighted by molar-refractivity contribution is 5.96. The zero-order chi connectivity index (χ0) is 16.7.